The maximum atomic E-state index is 12.7. The first-order chi connectivity index (χ1) is 20.1. The van der Waals surface area contributed by atoms with Crippen LogP contribution in [0.1, 0.15) is 101 Å². The molecule has 2 rings (SSSR count). The summed E-state index contributed by atoms with van der Waals surface area (Å²) >= 11 is 1.46. The molecule has 0 saturated heterocycles. The third kappa shape index (κ3) is 15.0. The molecule has 2 N–H and O–H groups in total. The lowest BCUT2D eigenvalue weighted by Crippen LogP contribution is -2.15. The molecule has 2 aromatic rings. The first kappa shape index (κ1) is 34.3. The minimum atomic E-state index is -0.119. The van der Waals surface area contributed by atoms with Crippen LogP contribution in [0.15, 0.2) is 54.7 Å². The van der Waals surface area contributed by atoms with E-state index in [1.807, 2.05) is 36.6 Å². The third-order valence-electron chi connectivity index (χ3n) is 6.69. The number of anilines is 2. The molecule has 0 aliphatic carbocycles. The molecule has 0 spiro atoms. The first-order valence-corrected chi connectivity index (χ1v) is 16.7. The molecular formula is C34H50N2O4S. The Hall–Kier alpha value is -2.93. The van der Waals surface area contributed by atoms with Crippen molar-refractivity contribution in [3.05, 3.63) is 60.3 Å². The van der Waals surface area contributed by atoms with Crippen molar-refractivity contribution in [1.29, 1.82) is 0 Å². The summed E-state index contributed by atoms with van der Waals surface area (Å²) in [5.41, 5.74) is 1.89. The topological polar surface area (TPSA) is 76.7 Å². The number of benzene rings is 2. The average Bonchev–Trinajstić information content (AvgIpc) is 2.97. The molecule has 0 aliphatic rings. The molecule has 0 bridgehead atoms. The van der Waals surface area contributed by atoms with Crippen LogP contribution in [-0.4, -0.2) is 36.9 Å². The fraction of sp³-hybridized carbons (Fsp3) is 0.529. The lowest BCUT2D eigenvalue weighted by atomic mass is 10.1. The number of ether oxygens (including phenoxy) is 2. The number of hydrogen-bond donors (Lipinski definition) is 2. The van der Waals surface area contributed by atoms with Crippen molar-refractivity contribution < 1.29 is 19.1 Å². The van der Waals surface area contributed by atoms with Crippen molar-refractivity contribution >= 4 is 34.8 Å². The predicted molar refractivity (Wildman–Crippen MR) is 175 cm³/mol. The van der Waals surface area contributed by atoms with Crippen LogP contribution in [0.25, 0.3) is 0 Å². The monoisotopic (exact) mass is 582 g/mol. The van der Waals surface area contributed by atoms with Gasteiger partial charge >= 0.3 is 0 Å². The van der Waals surface area contributed by atoms with Crippen LogP contribution < -0.4 is 20.1 Å². The van der Waals surface area contributed by atoms with Gasteiger partial charge in [-0.25, -0.2) is 0 Å². The number of ketones is 1. The maximum absolute atomic E-state index is 12.7. The lowest BCUT2D eigenvalue weighted by molar-refractivity contribution is -0.113. The summed E-state index contributed by atoms with van der Waals surface area (Å²) in [6.07, 6.45) is 19.5. The number of carbonyl (C=O) groups excluding carboxylic acids is 2. The van der Waals surface area contributed by atoms with Gasteiger partial charge in [-0.2, -0.15) is 11.8 Å². The number of thioether (sulfide) groups is 1. The van der Waals surface area contributed by atoms with Crippen LogP contribution in [0.5, 0.6) is 11.5 Å². The zero-order chi connectivity index (χ0) is 29.5. The highest BCUT2D eigenvalue weighted by atomic mass is 32.2. The van der Waals surface area contributed by atoms with Gasteiger partial charge in [-0.1, -0.05) is 78.1 Å². The van der Waals surface area contributed by atoms with Crippen molar-refractivity contribution in [2.45, 2.75) is 90.9 Å². The second kappa shape index (κ2) is 21.8. The molecule has 0 heterocycles. The van der Waals surface area contributed by atoms with Gasteiger partial charge in [0.15, 0.2) is 5.78 Å². The second-order valence-corrected chi connectivity index (χ2v) is 11.2. The van der Waals surface area contributed by atoms with Gasteiger partial charge < -0.3 is 20.1 Å². The number of unbranched alkanes of at least 4 members (excludes halogenated alkanes) is 10. The number of amides is 1. The van der Waals surface area contributed by atoms with Crippen molar-refractivity contribution in [2.24, 2.45) is 0 Å². The Kier molecular flexibility index (Phi) is 18.2. The van der Waals surface area contributed by atoms with E-state index in [-0.39, 0.29) is 11.7 Å². The van der Waals surface area contributed by atoms with Crippen molar-refractivity contribution in [3.63, 3.8) is 0 Å². The Bertz CT molecular complexity index is 1040. The Labute approximate surface area is 252 Å². The SMILES string of the molecule is CCCCCCCCOc1ccc(C(=O)/C=C/Nc2ccc(OCCCCCCCC)cc2NC(=O)CSC)cc1. The molecule has 0 fully saturated rings. The van der Waals surface area contributed by atoms with Gasteiger partial charge in [-0.15, -0.1) is 0 Å². The van der Waals surface area contributed by atoms with Crippen LogP contribution in [0.3, 0.4) is 0 Å². The number of allylic oxidation sites excluding steroid dienone is 1. The Morgan fingerprint density at radius 1 is 0.732 bits per heavy atom. The van der Waals surface area contributed by atoms with E-state index >= 15 is 0 Å². The van der Waals surface area contributed by atoms with E-state index in [2.05, 4.69) is 24.5 Å². The highest BCUT2D eigenvalue weighted by Gasteiger charge is 2.09. The summed E-state index contributed by atoms with van der Waals surface area (Å²) in [5, 5.41) is 6.10. The van der Waals surface area contributed by atoms with Crippen LogP contribution >= 0.6 is 11.8 Å². The third-order valence-corrected chi connectivity index (χ3v) is 7.24. The van der Waals surface area contributed by atoms with Crippen molar-refractivity contribution in [3.8, 4) is 11.5 Å². The van der Waals surface area contributed by atoms with Crippen LogP contribution in [0.2, 0.25) is 0 Å². The van der Waals surface area contributed by atoms with E-state index in [9.17, 15) is 9.59 Å². The minimum Gasteiger partial charge on any atom is -0.494 e. The summed E-state index contributed by atoms with van der Waals surface area (Å²) in [6, 6.07) is 12.8. The van der Waals surface area contributed by atoms with Crippen molar-refractivity contribution in [1.82, 2.24) is 0 Å². The largest absolute Gasteiger partial charge is 0.494 e. The fourth-order valence-electron chi connectivity index (χ4n) is 4.32. The minimum absolute atomic E-state index is 0.0903. The summed E-state index contributed by atoms with van der Waals surface area (Å²) in [4.78, 5) is 25.0. The molecule has 2 aromatic carbocycles. The number of carbonyl (C=O) groups is 2. The highest BCUT2D eigenvalue weighted by Crippen LogP contribution is 2.28. The number of nitrogens with one attached hydrogen (secondary N) is 2. The second-order valence-electron chi connectivity index (χ2n) is 10.3. The summed E-state index contributed by atoms with van der Waals surface area (Å²) in [7, 11) is 0. The van der Waals surface area contributed by atoms with Gasteiger partial charge in [0, 0.05) is 23.9 Å². The van der Waals surface area contributed by atoms with Gasteiger partial charge in [0.1, 0.15) is 11.5 Å². The van der Waals surface area contributed by atoms with E-state index in [1.54, 1.807) is 18.3 Å². The molecule has 0 unspecified atom stereocenters. The Balaban J connectivity index is 1.88. The Morgan fingerprint density at radius 3 is 1.90 bits per heavy atom. The molecule has 0 saturated carbocycles. The molecule has 7 heteroatoms. The van der Waals surface area contributed by atoms with Crippen LogP contribution in [0, 0.1) is 0 Å². The maximum Gasteiger partial charge on any atom is 0.234 e. The summed E-state index contributed by atoms with van der Waals surface area (Å²) in [6.45, 7) is 5.79. The molecule has 0 aliphatic heterocycles. The average molecular weight is 583 g/mol. The fourth-order valence-corrected chi connectivity index (χ4v) is 4.66. The van der Waals surface area contributed by atoms with E-state index < -0.39 is 0 Å². The summed E-state index contributed by atoms with van der Waals surface area (Å²) < 4.78 is 11.8. The van der Waals surface area contributed by atoms with Gasteiger partial charge in [-0.05, 0) is 55.5 Å². The van der Waals surface area contributed by atoms with E-state index in [0.717, 1.165) is 25.0 Å². The molecule has 0 radical (unpaired) electrons. The van der Waals surface area contributed by atoms with Gasteiger partial charge in [0.2, 0.25) is 5.91 Å². The molecule has 0 atom stereocenters. The molecule has 6 nitrogen and oxygen atoms in total. The standard InChI is InChI=1S/C34H50N2O4S/c1-4-6-8-10-12-14-24-39-29-18-16-28(17-19-29)33(37)22-23-35-31-21-20-30(26-32(31)36-34(38)27-41-3)40-25-15-13-11-9-7-5-2/h16-23,26,35H,4-15,24-25,27H2,1-3H3,(H,36,38)/b23-22+. The zero-order valence-corrected chi connectivity index (χ0v) is 26.2. The molecule has 0 aromatic heterocycles. The predicted octanol–water partition coefficient (Wildman–Crippen LogP) is 9.28. The molecule has 41 heavy (non-hydrogen) atoms. The smallest absolute Gasteiger partial charge is 0.234 e. The highest BCUT2D eigenvalue weighted by molar-refractivity contribution is 7.99. The Morgan fingerprint density at radius 2 is 1.29 bits per heavy atom. The number of rotatable bonds is 23. The van der Waals surface area contributed by atoms with E-state index in [1.165, 1.54) is 75.6 Å². The van der Waals surface area contributed by atoms with Crippen molar-refractivity contribution in [2.75, 3.05) is 35.9 Å². The molecule has 1 amide bonds. The van der Waals surface area contributed by atoms with Crippen LogP contribution in [0.4, 0.5) is 11.4 Å². The molecular weight excluding hydrogens is 532 g/mol. The first-order valence-electron chi connectivity index (χ1n) is 15.3. The van der Waals surface area contributed by atoms with Gasteiger partial charge in [-0.3, -0.25) is 9.59 Å². The lowest BCUT2D eigenvalue weighted by Gasteiger charge is -2.14. The normalized spacial score (nSPS) is 11.0. The van der Waals surface area contributed by atoms with E-state index in [4.69, 9.17) is 9.47 Å². The quantitative estimate of drug-likeness (QED) is 0.0772. The van der Waals surface area contributed by atoms with E-state index in [0.29, 0.717) is 41.7 Å². The zero-order valence-electron chi connectivity index (χ0n) is 25.3. The summed E-state index contributed by atoms with van der Waals surface area (Å²) in [5.74, 6) is 1.64. The van der Waals surface area contributed by atoms with Gasteiger partial charge in [0.05, 0.1) is 30.3 Å². The van der Waals surface area contributed by atoms with Gasteiger partial charge in [0.25, 0.3) is 0 Å². The number of hydrogen-bond acceptors (Lipinski definition) is 6. The molecule has 226 valence electrons. The van der Waals surface area contributed by atoms with Crippen LogP contribution in [-0.2, 0) is 4.79 Å².